The minimum Gasteiger partial charge on any atom is -0.360 e. The summed E-state index contributed by atoms with van der Waals surface area (Å²) in [5, 5.41) is 6.43. The van der Waals surface area contributed by atoms with Crippen molar-refractivity contribution >= 4 is 27.3 Å². The van der Waals surface area contributed by atoms with E-state index in [2.05, 4.69) is 10.5 Å². The topological polar surface area (TPSA) is 92.5 Å². The second-order valence-corrected chi connectivity index (χ2v) is 7.67. The predicted octanol–water partition coefficient (Wildman–Crippen LogP) is 2.61. The fourth-order valence-corrected chi connectivity index (χ4v) is 4.70. The summed E-state index contributed by atoms with van der Waals surface area (Å²) in [7, 11) is -3.76. The van der Waals surface area contributed by atoms with E-state index in [9.17, 15) is 13.2 Å². The van der Waals surface area contributed by atoms with Gasteiger partial charge in [-0.25, -0.2) is 8.42 Å². The van der Waals surface area contributed by atoms with Crippen molar-refractivity contribution in [2.75, 3.05) is 9.62 Å². The molecule has 1 heterocycles. The number of hydrogen-bond acceptors (Lipinski definition) is 5. The number of benzene rings is 1. The zero-order valence-corrected chi connectivity index (χ0v) is 14.6. The number of carbonyl (C=O) groups excluding carboxylic acids is 1. The highest BCUT2D eigenvalue weighted by molar-refractivity contribution is 7.93. The van der Waals surface area contributed by atoms with E-state index in [-0.39, 0.29) is 22.6 Å². The molecule has 0 bridgehead atoms. The molecule has 2 aromatic rings. The molecule has 0 spiro atoms. The minimum atomic E-state index is -3.76. The second kappa shape index (κ2) is 5.94. The van der Waals surface area contributed by atoms with Crippen LogP contribution >= 0.6 is 0 Å². The van der Waals surface area contributed by atoms with Gasteiger partial charge in [0.05, 0.1) is 5.69 Å². The molecule has 8 heteroatoms. The van der Waals surface area contributed by atoms with Gasteiger partial charge in [0.2, 0.25) is 5.91 Å². The van der Waals surface area contributed by atoms with Crippen LogP contribution in [0, 0.1) is 13.8 Å². The van der Waals surface area contributed by atoms with Crippen LogP contribution in [0.2, 0.25) is 0 Å². The van der Waals surface area contributed by atoms with E-state index in [1.165, 1.54) is 11.2 Å². The maximum absolute atomic E-state index is 13.1. The number of rotatable bonds is 5. The van der Waals surface area contributed by atoms with E-state index < -0.39 is 10.0 Å². The standard InChI is InChI=1S/C16H19N3O4S/c1-10-16(11(2)23-18-10)24(21,22)19(15-8-9-15)14-6-4-13(5-7-14)17-12(3)20/h4-7,15H,8-9H2,1-3H3,(H,17,20). The van der Waals surface area contributed by atoms with Crippen molar-refractivity contribution in [3.05, 3.63) is 35.7 Å². The maximum Gasteiger partial charge on any atom is 0.269 e. The van der Waals surface area contributed by atoms with Gasteiger partial charge in [0.1, 0.15) is 5.69 Å². The lowest BCUT2D eigenvalue weighted by Crippen LogP contribution is -2.33. The SMILES string of the molecule is CC(=O)Nc1ccc(N(C2CC2)S(=O)(=O)c2c(C)noc2C)cc1. The third-order valence-corrected chi connectivity index (χ3v) is 5.93. The highest BCUT2D eigenvalue weighted by atomic mass is 32.2. The molecule has 0 atom stereocenters. The summed E-state index contributed by atoms with van der Waals surface area (Å²) in [5.74, 6) is 0.109. The lowest BCUT2D eigenvalue weighted by atomic mass is 10.2. The summed E-state index contributed by atoms with van der Waals surface area (Å²) in [6.45, 7) is 4.64. The Hall–Kier alpha value is -2.35. The lowest BCUT2D eigenvalue weighted by molar-refractivity contribution is -0.114. The van der Waals surface area contributed by atoms with Crippen LogP contribution in [0.15, 0.2) is 33.7 Å². The third-order valence-electron chi connectivity index (χ3n) is 3.81. The Morgan fingerprint density at radius 3 is 2.33 bits per heavy atom. The summed E-state index contributed by atoms with van der Waals surface area (Å²) in [5.41, 5.74) is 1.54. The first-order chi connectivity index (χ1) is 11.3. The van der Waals surface area contributed by atoms with E-state index in [0.717, 1.165) is 12.8 Å². The summed E-state index contributed by atoms with van der Waals surface area (Å²) in [6, 6.07) is 6.71. The van der Waals surface area contributed by atoms with Gasteiger partial charge >= 0.3 is 0 Å². The van der Waals surface area contributed by atoms with Gasteiger partial charge in [0.15, 0.2) is 10.7 Å². The van der Waals surface area contributed by atoms with Crippen molar-refractivity contribution in [3.8, 4) is 0 Å². The van der Waals surface area contributed by atoms with Gasteiger partial charge in [-0.3, -0.25) is 9.10 Å². The van der Waals surface area contributed by atoms with Crippen molar-refractivity contribution in [2.24, 2.45) is 0 Å². The molecule has 1 aliphatic carbocycles. The van der Waals surface area contributed by atoms with E-state index in [0.29, 0.717) is 17.1 Å². The number of aryl methyl sites for hydroxylation is 2. The molecule has 0 unspecified atom stereocenters. The molecule has 0 aliphatic heterocycles. The van der Waals surface area contributed by atoms with E-state index in [1.807, 2.05) is 0 Å². The second-order valence-electron chi connectivity index (χ2n) is 5.91. The molecule has 1 amide bonds. The number of amides is 1. The largest absolute Gasteiger partial charge is 0.360 e. The fourth-order valence-electron chi connectivity index (χ4n) is 2.69. The molecule has 1 fully saturated rings. The van der Waals surface area contributed by atoms with Crippen molar-refractivity contribution in [3.63, 3.8) is 0 Å². The van der Waals surface area contributed by atoms with Crippen LogP contribution in [0.25, 0.3) is 0 Å². The van der Waals surface area contributed by atoms with E-state index in [4.69, 9.17) is 4.52 Å². The van der Waals surface area contributed by atoms with Crippen LogP contribution in [-0.4, -0.2) is 25.5 Å². The number of aromatic nitrogens is 1. The molecule has 3 rings (SSSR count). The molecule has 0 radical (unpaired) electrons. The minimum absolute atomic E-state index is 0.0599. The van der Waals surface area contributed by atoms with Gasteiger partial charge in [-0.1, -0.05) is 5.16 Å². The summed E-state index contributed by atoms with van der Waals surface area (Å²) in [4.78, 5) is 11.2. The van der Waals surface area contributed by atoms with E-state index >= 15 is 0 Å². The van der Waals surface area contributed by atoms with Crippen molar-refractivity contribution in [2.45, 2.75) is 44.6 Å². The highest BCUT2D eigenvalue weighted by Gasteiger charge is 2.40. The van der Waals surface area contributed by atoms with Gasteiger partial charge in [-0.2, -0.15) is 0 Å². The zero-order chi connectivity index (χ0) is 17.5. The Morgan fingerprint density at radius 1 is 1.25 bits per heavy atom. The zero-order valence-electron chi connectivity index (χ0n) is 13.7. The molecule has 0 saturated heterocycles. The van der Waals surface area contributed by atoms with E-state index in [1.54, 1.807) is 38.1 Å². The number of anilines is 2. The van der Waals surface area contributed by atoms with Crippen molar-refractivity contribution in [1.29, 1.82) is 0 Å². The van der Waals surface area contributed by atoms with Crippen LogP contribution in [0.1, 0.15) is 31.2 Å². The lowest BCUT2D eigenvalue weighted by Gasteiger charge is -2.24. The number of hydrogen-bond donors (Lipinski definition) is 1. The van der Waals surface area contributed by atoms with Crippen LogP contribution in [-0.2, 0) is 14.8 Å². The molecule has 128 valence electrons. The molecular formula is C16H19N3O4S. The number of nitrogens with one attached hydrogen (secondary N) is 1. The Balaban J connectivity index is 2.00. The summed E-state index contributed by atoms with van der Waals surface area (Å²) < 4.78 is 32.7. The third kappa shape index (κ3) is 3.01. The van der Waals surface area contributed by atoms with Crippen LogP contribution in [0.3, 0.4) is 0 Å². The van der Waals surface area contributed by atoms with Gasteiger partial charge in [0, 0.05) is 18.7 Å². The molecule has 7 nitrogen and oxygen atoms in total. The average molecular weight is 349 g/mol. The van der Waals surface area contributed by atoms with Crippen LogP contribution in [0.5, 0.6) is 0 Å². The van der Waals surface area contributed by atoms with Crippen molar-refractivity contribution < 1.29 is 17.7 Å². The smallest absolute Gasteiger partial charge is 0.269 e. The van der Waals surface area contributed by atoms with Gasteiger partial charge in [0.25, 0.3) is 10.0 Å². The van der Waals surface area contributed by atoms with Gasteiger partial charge in [-0.05, 0) is 51.0 Å². The Kier molecular flexibility index (Phi) is 4.08. The summed E-state index contributed by atoms with van der Waals surface area (Å²) in [6.07, 6.45) is 1.63. The first-order valence-electron chi connectivity index (χ1n) is 7.65. The molecule has 1 N–H and O–H groups in total. The van der Waals surface area contributed by atoms with Gasteiger partial charge < -0.3 is 9.84 Å². The predicted molar refractivity (Wildman–Crippen MR) is 89.4 cm³/mol. The molecule has 24 heavy (non-hydrogen) atoms. The Bertz CT molecular complexity index is 848. The molecule has 1 aromatic carbocycles. The first-order valence-corrected chi connectivity index (χ1v) is 9.09. The molecule has 1 aromatic heterocycles. The molecular weight excluding hydrogens is 330 g/mol. The maximum atomic E-state index is 13.1. The molecule has 1 aliphatic rings. The Morgan fingerprint density at radius 2 is 1.88 bits per heavy atom. The monoisotopic (exact) mass is 349 g/mol. The van der Waals surface area contributed by atoms with Gasteiger partial charge in [-0.15, -0.1) is 0 Å². The first kappa shape index (κ1) is 16.5. The average Bonchev–Trinajstić information content (AvgIpc) is 3.25. The quantitative estimate of drug-likeness (QED) is 0.896. The van der Waals surface area contributed by atoms with Crippen molar-refractivity contribution in [1.82, 2.24) is 5.16 Å². The number of carbonyl (C=O) groups is 1. The Labute approximate surface area is 140 Å². The number of sulfonamides is 1. The van der Waals surface area contributed by atoms with Crippen LogP contribution < -0.4 is 9.62 Å². The number of nitrogens with zero attached hydrogens (tertiary/aromatic N) is 2. The van der Waals surface area contributed by atoms with Crippen LogP contribution in [0.4, 0.5) is 11.4 Å². The fraction of sp³-hybridized carbons (Fsp3) is 0.375. The highest BCUT2D eigenvalue weighted by Crippen LogP contribution is 2.38. The summed E-state index contributed by atoms with van der Waals surface area (Å²) >= 11 is 0. The normalized spacial score (nSPS) is 14.5. The molecule has 1 saturated carbocycles.